The highest BCUT2D eigenvalue weighted by atomic mass is 19.4. The maximum absolute atomic E-state index is 12.6. The molecule has 8 heteroatoms. The summed E-state index contributed by atoms with van der Waals surface area (Å²) in [6, 6.07) is 4.76. The van der Waals surface area contributed by atoms with E-state index in [4.69, 9.17) is 16.2 Å². The van der Waals surface area contributed by atoms with Crippen LogP contribution in [0.1, 0.15) is 17.5 Å². The third-order valence-corrected chi connectivity index (χ3v) is 3.38. The number of nitrogens with two attached hydrogens (primary N) is 2. The quantitative estimate of drug-likeness (QED) is 0.646. The first-order valence-electron chi connectivity index (χ1n) is 7.27. The van der Waals surface area contributed by atoms with Crippen LogP contribution >= 0.6 is 0 Å². The van der Waals surface area contributed by atoms with E-state index in [2.05, 4.69) is 16.7 Å². The Balaban J connectivity index is 2.12. The van der Waals surface area contributed by atoms with Crippen LogP contribution in [0.5, 0.6) is 0 Å². The van der Waals surface area contributed by atoms with Gasteiger partial charge in [0.25, 0.3) is 0 Å². The second kappa shape index (κ2) is 7.69. The zero-order valence-corrected chi connectivity index (χ0v) is 13.3. The van der Waals surface area contributed by atoms with Gasteiger partial charge in [-0.05, 0) is 36.9 Å². The number of benzene rings is 1. The van der Waals surface area contributed by atoms with E-state index in [0.29, 0.717) is 23.3 Å². The molecule has 0 bridgehead atoms. The summed E-state index contributed by atoms with van der Waals surface area (Å²) in [6.07, 6.45) is 1.47. The summed E-state index contributed by atoms with van der Waals surface area (Å²) in [6.45, 7) is 3.35. The van der Waals surface area contributed by atoms with Crippen LogP contribution in [0.2, 0.25) is 0 Å². The molecule has 4 N–H and O–H groups in total. The van der Waals surface area contributed by atoms with Gasteiger partial charge >= 0.3 is 6.18 Å². The summed E-state index contributed by atoms with van der Waals surface area (Å²) in [5.41, 5.74) is 11.9. The Morgan fingerprint density at radius 2 is 1.88 bits per heavy atom. The molecule has 0 amide bonds. The number of hydrogen-bond donors (Lipinski definition) is 2. The molecule has 0 atom stereocenters. The van der Waals surface area contributed by atoms with Crippen LogP contribution in [0.25, 0.3) is 0 Å². The number of alkyl halides is 3. The normalized spacial score (nSPS) is 17.1. The highest BCUT2D eigenvalue weighted by Gasteiger charge is 2.29. The largest absolute Gasteiger partial charge is 0.488 e. The van der Waals surface area contributed by atoms with Gasteiger partial charge in [-0.25, -0.2) is 4.99 Å². The molecule has 1 aromatic rings. The number of hydrogen-bond acceptors (Lipinski definition) is 3. The average molecular weight is 350 g/mol. The van der Waals surface area contributed by atoms with Crippen LogP contribution in [0.3, 0.4) is 0 Å². The van der Waals surface area contributed by atoms with Crippen LogP contribution in [-0.2, 0) is 17.5 Å². The van der Waals surface area contributed by atoms with Gasteiger partial charge in [0.05, 0.1) is 5.56 Å². The second-order valence-corrected chi connectivity index (χ2v) is 5.14. The lowest BCUT2D eigenvalue weighted by Crippen LogP contribution is -2.13. The fourth-order valence-corrected chi connectivity index (χ4v) is 2.09. The molecule has 132 valence electrons. The van der Waals surface area contributed by atoms with E-state index in [9.17, 15) is 13.2 Å². The first-order valence-corrected chi connectivity index (χ1v) is 7.27. The minimum atomic E-state index is -4.36. The topological polar surface area (TPSA) is 86.0 Å². The SMILES string of the molecule is C=NC(N)=N/C(N)=C1\CC=CC=C1OCc1ccc(C(F)(F)F)cc1. The average Bonchev–Trinajstić information content (AvgIpc) is 2.59. The van der Waals surface area contributed by atoms with Crippen LogP contribution in [0.4, 0.5) is 13.2 Å². The molecule has 0 saturated heterocycles. The molecule has 0 spiro atoms. The number of guanidine groups is 1. The van der Waals surface area contributed by atoms with E-state index in [-0.39, 0.29) is 18.4 Å². The Hall–Kier alpha value is -3.03. The van der Waals surface area contributed by atoms with Gasteiger partial charge in [-0.3, -0.25) is 0 Å². The van der Waals surface area contributed by atoms with Crippen molar-refractivity contribution >= 4 is 12.7 Å². The molecule has 0 saturated carbocycles. The third-order valence-electron chi connectivity index (χ3n) is 3.38. The predicted octanol–water partition coefficient (Wildman–Crippen LogP) is 3.25. The Labute approximate surface area is 142 Å². The van der Waals surface area contributed by atoms with Crippen molar-refractivity contribution < 1.29 is 17.9 Å². The maximum atomic E-state index is 12.6. The molecule has 1 aliphatic rings. The molecule has 0 radical (unpaired) electrons. The van der Waals surface area contributed by atoms with Gasteiger partial charge in [0, 0.05) is 5.57 Å². The Kier molecular flexibility index (Phi) is 5.63. The molecule has 0 heterocycles. The van der Waals surface area contributed by atoms with E-state index < -0.39 is 11.7 Å². The summed E-state index contributed by atoms with van der Waals surface area (Å²) in [7, 11) is 0. The lowest BCUT2D eigenvalue weighted by molar-refractivity contribution is -0.137. The summed E-state index contributed by atoms with van der Waals surface area (Å²) in [5, 5.41) is 0. The Morgan fingerprint density at radius 3 is 2.48 bits per heavy atom. The molecule has 1 aromatic carbocycles. The van der Waals surface area contributed by atoms with Crippen molar-refractivity contribution in [2.45, 2.75) is 19.2 Å². The van der Waals surface area contributed by atoms with Crippen LogP contribution in [-0.4, -0.2) is 12.7 Å². The minimum absolute atomic E-state index is 0.0679. The second-order valence-electron chi connectivity index (χ2n) is 5.14. The van der Waals surface area contributed by atoms with Crippen molar-refractivity contribution in [2.75, 3.05) is 0 Å². The molecular formula is C17H17F3N4O. The van der Waals surface area contributed by atoms with E-state index >= 15 is 0 Å². The molecule has 0 aliphatic heterocycles. The number of aliphatic imine (C=N–C) groups is 2. The zero-order valence-electron chi connectivity index (χ0n) is 13.3. The lowest BCUT2D eigenvalue weighted by Gasteiger charge is -2.16. The predicted molar refractivity (Wildman–Crippen MR) is 90.5 cm³/mol. The molecule has 1 aliphatic carbocycles. The maximum Gasteiger partial charge on any atom is 0.416 e. The summed E-state index contributed by atoms with van der Waals surface area (Å²) in [4.78, 5) is 7.37. The van der Waals surface area contributed by atoms with Gasteiger partial charge in [0.1, 0.15) is 18.2 Å². The van der Waals surface area contributed by atoms with Gasteiger partial charge in [-0.15, -0.1) is 0 Å². The third kappa shape index (κ3) is 4.97. The standard InChI is InChI=1S/C17H17F3N4O/c1-23-16(22)24-15(21)13-4-2-3-5-14(13)25-10-11-6-8-12(9-7-11)17(18,19)20/h2-3,5-9H,1,4,10,21H2,(H2,22,24)/b15-13+. The molecule has 2 rings (SSSR count). The van der Waals surface area contributed by atoms with Gasteiger partial charge in [-0.1, -0.05) is 24.3 Å². The van der Waals surface area contributed by atoms with Crippen molar-refractivity contribution in [1.82, 2.24) is 0 Å². The van der Waals surface area contributed by atoms with E-state index in [1.165, 1.54) is 12.1 Å². The molecular weight excluding hydrogens is 333 g/mol. The summed E-state index contributed by atoms with van der Waals surface area (Å²) in [5.74, 6) is 0.551. The number of halogens is 3. The van der Waals surface area contributed by atoms with Crippen LogP contribution < -0.4 is 11.5 Å². The Morgan fingerprint density at radius 1 is 1.20 bits per heavy atom. The van der Waals surface area contributed by atoms with Gasteiger partial charge in [0.2, 0.25) is 5.96 Å². The summed E-state index contributed by atoms with van der Waals surface area (Å²) < 4.78 is 43.4. The zero-order chi connectivity index (χ0) is 18.4. The van der Waals surface area contributed by atoms with Crippen LogP contribution in [0.15, 0.2) is 69.6 Å². The fourth-order valence-electron chi connectivity index (χ4n) is 2.09. The molecule has 0 fully saturated rings. The monoisotopic (exact) mass is 350 g/mol. The van der Waals surface area contributed by atoms with Gasteiger partial charge < -0.3 is 16.2 Å². The van der Waals surface area contributed by atoms with Gasteiger partial charge in [0.15, 0.2) is 0 Å². The number of allylic oxidation sites excluding steroid dienone is 4. The lowest BCUT2D eigenvalue weighted by atomic mass is 10.1. The van der Waals surface area contributed by atoms with Crippen LogP contribution in [0, 0.1) is 0 Å². The molecule has 5 nitrogen and oxygen atoms in total. The number of ether oxygens (including phenoxy) is 1. The first kappa shape index (κ1) is 18.3. The highest BCUT2D eigenvalue weighted by molar-refractivity contribution is 5.83. The number of rotatable bonds is 4. The first-order chi connectivity index (χ1) is 11.8. The van der Waals surface area contributed by atoms with Crippen molar-refractivity contribution in [2.24, 2.45) is 21.5 Å². The van der Waals surface area contributed by atoms with Crippen molar-refractivity contribution in [3.8, 4) is 0 Å². The van der Waals surface area contributed by atoms with Gasteiger partial charge in [-0.2, -0.15) is 18.2 Å². The van der Waals surface area contributed by atoms with Crippen molar-refractivity contribution in [3.63, 3.8) is 0 Å². The molecule has 25 heavy (non-hydrogen) atoms. The molecule has 0 unspecified atom stereocenters. The fraction of sp³-hybridized carbons (Fsp3) is 0.176. The van der Waals surface area contributed by atoms with Crippen molar-refractivity contribution in [3.05, 3.63) is 70.8 Å². The smallest absolute Gasteiger partial charge is 0.416 e. The summed E-state index contributed by atoms with van der Waals surface area (Å²) >= 11 is 0. The van der Waals surface area contributed by atoms with E-state index in [1.54, 1.807) is 12.2 Å². The highest BCUT2D eigenvalue weighted by Crippen LogP contribution is 2.29. The number of nitrogens with zero attached hydrogens (tertiary/aromatic N) is 2. The minimum Gasteiger partial charge on any atom is -0.488 e. The van der Waals surface area contributed by atoms with Crippen molar-refractivity contribution in [1.29, 1.82) is 0 Å². The van der Waals surface area contributed by atoms with E-state index in [1.807, 2.05) is 6.08 Å². The Bertz CT molecular complexity index is 759. The molecule has 0 aromatic heterocycles. The van der Waals surface area contributed by atoms with E-state index in [0.717, 1.165) is 12.1 Å².